The molecule has 4 N–H and O–H groups in total. The summed E-state index contributed by atoms with van der Waals surface area (Å²) in [6.07, 6.45) is -0.561. The first-order chi connectivity index (χ1) is 18.0. The van der Waals surface area contributed by atoms with Crippen molar-refractivity contribution < 1.29 is 27.5 Å². The third-order valence-electron chi connectivity index (χ3n) is 5.74. The Hall–Kier alpha value is -4.71. The number of aromatic nitrogens is 1. The zero-order valence-electron chi connectivity index (χ0n) is 20.6. The molecule has 0 saturated heterocycles. The Morgan fingerprint density at radius 2 is 1.74 bits per heavy atom. The molecule has 2 aromatic heterocycles. The van der Waals surface area contributed by atoms with Gasteiger partial charge in [-0.2, -0.15) is 8.42 Å². The summed E-state index contributed by atoms with van der Waals surface area (Å²) < 4.78 is 32.9. The summed E-state index contributed by atoms with van der Waals surface area (Å²) in [5.41, 5.74) is 2.76. The molecule has 0 bridgehead atoms. The van der Waals surface area contributed by atoms with E-state index in [2.05, 4.69) is 10.3 Å². The number of carbonyl (C=O) groups is 2. The Morgan fingerprint density at radius 1 is 1.03 bits per heavy atom. The second-order valence-corrected chi connectivity index (χ2v) is 10.0. The molecule has 0 aliphatic rings. The maximum Gasteiger partial charge on any atom is 0.419 e. The second kappa shape index (κ2) is 10.3. The predicted octanol–water partition coefficient (Wildman–Crippen LogP) is 3.89. The van der Waals surface area contributed by atoms with Crippen molar-refractivity contribution in [2.45, 2.75) is 26.8 Å². The van der Waals surface area contributed by atoms with Crippen LogP contribution in [0.15, 0.2) is 70.0 Å². The summed E-state index contributed by atoms with van der Waals surface area (Å²) in [6.45, 7) is 5.34. The topological polar surface area (TPSA) is 168 Å². The van der Waals surface area contributed by atoms with E-state index in [1.165, 1.54) is 17.0 Å². The van der Waals surface area contributed by atoms with Gasteiger partial charge in [-0.25, -0.2) is 19.2 Å². The van der Waals surface area contributed by atoms with Crippen LogP contribution in [0.2, 0.25) is 0 Å². The highest BCUT2D eigenvalue weighted by Crippen LogP contribution is 2.32. The van der Waals surface area contributed by atoms with Gasteiger partial charge in [0.2, 0.25) is 0 Å². The normalized spacial score (nSPS) is 12.1. The molecule has 0 saturated carbocycles. The van der Waals surface area contributed by atoms with Gasteiger partial charge in [0, 0.05) is 22.9 Å². The van der Waals surface area contributed by atoms with E-state index < -0.39 is 28.3 Å². The van der Waals surface area contributed by atoms with Gasteiger partial charge in [0.05, 0.1) is 17.1 Å². The number of carbonyl (C=O) groups excluding carboxylic acids is 1. The number of aryl methyl sites for hydroxylation is 1. The van der Waals surface area contributed by atoms with Crippen molar-refractivity contribution in [3.05, 3.63) is 93.4 Å². The summed E-state index contributed by atoms with van der Waals surface area (Å²) in [5.74, 6) is -0.699. The number of nitrogens with one attached hydrogen (secondary N) is 3. The molecule has 2 amide bonds. The van der Waals surface area contributed by atoms with Crippen LogP contribution in [0.1, 0.15) is 40.1 Å². The van der Waals surface area contributed by atoms with E-state index >= 15 is 0 Å². The lowest BCUT2D eigenvalue weighted by Crippen LogP contribution is -2.42. The lowest BCUT2D eigenvalue weighted by atomic mass is 9.98. The van der Waals surface area contributed by atoms with Gasteiger partial charge in [-0.3, -0.25) is 9.59 Å². The molecule has 1 atom stereocenters. The number of pyridine rings is 1. The SMILES string of the molecule is Cc1cc([C@@H](C)Nc2cccnc2C(=O)NS(=O)(=O)NC(=O)O)c2oc(-c3ccccc3)c(C)c(=O)c2c1. The standard InChI is InChI=1S/C26H24N4O7S/c1-14-12-18(24-19(13-14)22(31)15(2)23(37-24)17-8-5-4-6-9-17)16(3)28-20-10-7-11-27-21(20)25(32)29-38(35,36)30-26(33)34/h4-13,16,28,30H,1-3H3,(H,29,32)(H,33,34)/t16-/m1/s1. The number of anilines is 1. The molecule has 11 nitrogen and oxygen atoms in total. The Bertz CT molecular complexity index is 1720. The smallest absolute Gasteiger partial charge is 0.419 e. The van der Waals surface area contributed by atoms with Crippen LogP contribution >= 0.6 is 0 Å². The van der Waals surface area contributed by atoms with E-state index in [1.54, 1.807) is 30.7 Å². The Morgan fingerprint density at radius 3 is 2.42 bits per heavy atom. The van der Waals surface area contributed by atoms with E-state index in [9.17, 15) is 22.8 Å². The van der Waals surface area contributed by atoms with Crippen LogP contribution in [0, 0.1) is 13.8 Å². The van der Waals surface area contributed by atoms with Crippen molar-refractivity contribution in [1.29, 1.82) is 0 Å². The van der Waals surface area contributed by atoms with Crippen LogP contribution < -0.4 is 20.2 Å². The summed E-state index contributed by atoms with van der Waals surface area (Å²) in [5, 5.41) is 12.2. The van der Waals surface area contributed by atoms with E-state index in [4.69, 9.17) is 9.52 Å². The molecule has 196 valence electrons. The largest absolute Gasteiger partial charge is 0.464 e. The number of benzene rings is 2. The van der Waals surface area contributed by atoms with Crippen molar-refractivity contribution in [3.63, 3.8) is 0 Å². The molecule has 2 aromatic carbocycles. The molecule has 0 aliphatic heterocycles. The fourth-order valence-corrected chi connectivity index (χ4v) is 4.70. The Labute approximate surface area is 217 Å². The maximum absolute atomic E-state index is 13.3. The van der Waals surface area contributed by atoms with Crippen LogP contribution in [0.3, 0.4) is 0 Å². The first-order valence-electron chi connectivity index (χ1n) is 11.4. The van der Waals surface area contributed by atoms with Crippen molar-refractivity contribution in [1.82, 2.24) is 14.4 Å². The van der Waals surface area contributed by atoms with Crippen molar-refractivity contribution in [2.75, 3.05) is 5.32 Å². The van der Waals surface area contributed by atoms with Crippen LogP contribution in [0.25, 0.3) is 22.3 Å². The van der Waals surface area contributed by atoms with Gasteiger partial charge < -0.3 is 14.8 Å². The first-order valence-corrected chi connectivity index (χ1v) is 12.9. The molecule has 0 radical (unpaired) electrons. The highest BCUT2D eigenvalue weighted by atomic mass is 32.2. The van der Waals surface area contributed by atoms with Gasteiger partial charge in [0.1, 0.15) is 11.3 Å². The summed E-state index contributed by atoms with van der Waals surface area (Å²) >= 11 is 0. The monoisotopic (exact) mass is 536 g/mol. The third-order valence-corrected chi connectivity index (χ3v) is 6.64. The van der Waals surface area contributed by atoms with Gasteiger partial charge in [0.15, 0.2) is 11.1 Å². The number of rotatable bonds is 7. The molecule has 12 heteroatoms. The minimum Gasteiger partial charge on any atom is -0.464 e. The maximum atomic E-state index is 13.3. The molecule has 2 heterocycles. The van der Waals surface area contributed by atoms with E-state index in [0.717, 1.165) is 11.1 Å². The van der Waals surface area contributed by atoms with Crippen LogP contribution in [-0.2, 0) is 10.2 Å². The van der Waals surface area contributed by atoms with Crippen LogP contribution in [0.4, 0.5) is 10.5 Å². The first kappa shape index (κ1) is 26.4. The van der Waals surface area contributed by atoms with E-state index in [1.807, 2.05) is 43.3 Å². The predicted molar refractivity (Wildman–Crippen MR) is 141 cm³/mol. The van der Waals surface area contributed by atoms with Gasteiger partial charge in [0.25, 0.3) is 5.91 Å². The Kier molecular flexibility index (Phi) is 7.17. The van der Waals surface area contributed by atoms with Gasteiger partial charge >= 0.3 is 16.3 Å². The lowest BCUT2D eigenvalue weighted by Gasteiger charge is -2.20. The molecule has 0 aliphatic carbocycles. The molecule has 4 rings (SSSR count). The number of carboxylic acid groups (broad SMARTS) is 1. The average molecular weight is 537 g/mol. The quantitative estimate of drug-likeness (QED) is 0.274. The van der Waals surface area contributed by atoms with E-state index in [0.29, 0.717) is 27.9 Å². The number of fused-ring (bicyclic) bond motifs is 1. The van der Waals surface area contributed by atoms with Crippen molar-refractivity contribution in [2.24, 2.45) is 0 Å². The molecule has 0 spiro atoms. The molecule has 0 unspecified atom stereocenters. The third kappa shape index (κ3) is 5.49. The van der Waals surface area contributed by atoms with E-state index in [-0.39, 0.29) is 16.8 Å². The highest BCUT2D eigenvalue weighted by molar-refractivity contribution is 7.88. The average Bonchev–Trinajstić information content (AvgIpc) is 2.85. The minimum absolute atomic E-state index is 0.167. The summed E-state index contributed by atoms with van der Waals surface area (Å²) in [6, 6.07) is 15.4. The van der Waals surface area contributed by atoms with Crippen LogP contribution in [0.5, 0.6) is 0 Å². The van der Waals surface area contributed by atoms with Gasteiger partial charge in [-0.15, -0.1) is 0 Å². The zero-order chi connectivity index (χ0) is 27.6. The molecular weight excluding hydrogens is 512 g/mol. The van der Waals surface area contributed by atoms with Crippen LogP contribution in [-0.4, -0.2) is 30.5 Å². The highest BCUT2D eigenvalue weighted by Gasteiger charge is 2.23. The fraction of sp³-hybridized carbons (Fsp3) is 0.154. The number of hydrogen-bond donors (Lipinski definition) is 4. The van der Waals surface area contributed by atoms with Crippen molar-refractivity contribution >= 4 is 38.9 Å². The summed E-state index contributed by atoms with van der Waals surface area (Å²) in [4.78, 5) is 40.6. The Balaban J connectivity index is 1.76. The van der Waals surface area contributed by atoms with Gasteiger partial charge in [-0.1, -0.05) is 36.4 Å². The number of nitrogens with zero attached hydrogens (tertiary/aromatic N) is 1. The number of hydrogen-bond acceptors (Lipinski definition) is 8. The van der Waals surface area contributed by atoms with Crippen molar-refractivity contribution in [3.8, 4) is 11.3 Å². The minimum atomic E-state index is -4.67. The fourth-order valence-electron chi connectivity index (χ4n) is 4.08. The summed E-state index contributed by atoms with van der Waals surface area (Å²) in [7, 11) is -4.67. The molecular formula is C26H24N4O7S. The molecule has 38 heavy (non-hydrogen) atoms. The zero-order valence-corrected chi connectivity index (χ0v) is 21.4. The number of amides is 2. The second-order valence-electron chi connectivity index (χ2n) is 8.59. The molecule has 4 aromatic rings. The molecule has 0 fully saturated rings. The van der Waals surface area contributed by atoms with Gasteiger partial charge in [-0.05, 0) is 44.5 Å². The lowest BCUT2D eigenvalue weighted by molar-refractivity contribution is 0.0977.